The largest absolute Gasteiger partial charge is 0.493 e. The summed E-state index contributed by atoms with van der Waals surface area (Å²) < 4.78 is 15.6. The van der Waals surface area contributed by atoms with Gasteiger partial charge in [-0.15, -0.1) is 0 Å². The molecule has 0 saturated carbocycles. The van der Waals surface area contributed by atoms with E-state index in [1.165, 1.54) is 6.08 Å². The number of methoxy groups -OCH3 is 2. The Morgan fingerprint density at radius 2 is 2.00 bits per heavy atom. The van der Waals surface area contributed by atoms with Crippen molar-refractivity contribution < 1.29 is 18.7 Å². The van der Waals surface area contributed by atoms with Crippen LogP contribution in [0.4, 0.5) is 0 Å². The Bertz CT molecular complexity index is 647. The van der Waals surface area contributed by atoms with Crippen molar-refractivity contribution in [3.8, 4) is 11.5 Å². The van der Waals surface area contributed by atoms with Crippen LogP contribution in [-0.2, 0) is 4.79 Å². The molecule has 0 aliphatic rings. The first-order chi connectivity index (χ1) is 10.6. The second-order valence-electron chi connectivity index (χ2n) is 4.69. The summed E-state index contributed by atoms with van der Waals surface area (Å²) in [5.41, 5.74) is 0.846. The molecule has 1 heterocycles. The van der Waals surface area contributed by atoms with Crippen molar-refractivity contribution in [2.75, 3.05) is 14.2 Å². The highest BCUT2D eigenvalue weighted by molar-refractivity contribution is 5.92. The molecule has 1 amide bonds. The lowest BCUT2D eigenvalue weighted by atomic mass is 10.2. The summed E-state index contributed by atoms with van der Waals surface area (Å²) in [5.74, 6) is 1.79. The van der Waals surface area contributed by atoms with E-state index < -0.39 is 0 Å². The molecular formula is C17H19NO4. The lowest BCUT2D eigenvalue weighted by Crippen LogP contribution is -2.24. The molecule has 1 atom stereocenters. The Kier molecular flexibility index (Phi) is 5.25. The maximum atomic E-state index is 11.9. The third-order valence-electron chi connectivity index (χ3n) is 3.16. The predicted octanol–water partition coefficient (Wildman–Crippen LogP) is 3.19. The maximum absolute atomic E-state index is 11.9. The molecule has 2 rings (SSSR count). The van der Waals surface area contributed by atoms with Crippen LogP contribution in [0, 0.1) is 0 Å². The van der Waals surface area contributed by atoms with Crippen molar-refractivity contribution in [2.45, 2.75) is 13.0 Å². The first kappa shape index (κ1) is 15.7. The summed E-state index contributed by atoms with van der Waals surface area (Å²) in [6.45, 7) is 1.86. The summed E-state index contributed by atoms with van der Waals surface area (Å²) in [5, 5.41) is 2.83. The van der Waals surface area contributed by atoms with Gasteiger partial charge in [0.15, 0.2) is 11.5 Å². The van der Waals surface area contributed by atoms with Gasteiger partial charge in [0, 0.05) is 6.08 Å². The number of ether oxygens (including phenoxy) is 2. The molecule has 1 N–H and O–H groups in total. The Morgan fingerprint density at radius 3 is 2.64 bits per heavy atom. The van der Waals surface area contributed by atoms with Gasteiger partial charge in [-0.05, 0) is 42.8 Å². The normalized spacial score (nSPS) is 12.1. The molecule has 0 fully saturated rings. The number of furan rings is 1. The van der Waals surface area contributed by atoms with Gasteiger partial charge in [-0.1, -0.05) is 6.07 Å². The van der Waals surface area contributed by atoms with Crippen molar-refractivity contribution in [3.05, 3.63) is 54.0 Å². The molecule has 2 aromatic rings. The summed E-state index contributed by atoms with van der Waals surface area (Å²) in [7, 11) is 3.15. The number of amides is 1. The van der Waals surface area contributed by atoms with Crippen LogP contribution in [0.5, 0.6) is 11.5 Å². The fraction of sp³-hybridized carbons (Fsp3) is 0.235. The highest BCUT2D eigenvalue weighted by Gasteiger charge is 2.09. The van der Waals surface area contributed by atoms with E-state index in [2.05, 4.69) is 5.32 Å². The third kappa shape index (κ3) is 3.91. The number of hydrogen-bond donors (Lipinski definition) is 1. The average Bonchev–Trinajstić information content (AvgIpc) is 3.07. The van der Waals surface area contributed by atoms with Crippen LogP contribution >= 0.6 is 0 Å². The summed E-state index contributed by atoms with van der Waals surface area (Å²) in [6.07, 6.45) is 4.77. The second-order valence-corrected chi connectivity index (χ2v) is 4.69. The number of benzene rings is 1. The van der Waals surface area contributed by atoms with Crippen LogP contribution in [0.3, 0.4) is 0 Å². The van der Waals surface area contributed by atoms with Crippen molar-refractivity contribution in [3.63, 3.8) is 0 Å². The van der Waals surface area contributed by atoms with Gasteiger partial charge in [-0.2, -0.15) is 0 Å². The van der Waals surface area contributed by atoms with Gasteiger partial charge in [0.05, 0.1) is 26.5 Å². The molecule has 0 aliphatic heterocycles. The van der Waals surface area contributed by atoms with E-state index in [1.807, 2.05) is 19.1 Å². The van der Waals surface area contributed by atoms with Crippen molar-refractivity contribution >= 4 is 12.0 Å². The molecule has 0 radical (unpaired) electrons. The van der Waals surface area contributed by atoms with E-state index in [-0.39, 0.29) is 11.9 Å². The predicted molar refractivity (Wildman–Crippen MR) is 83.8 cm³/mol. The number of carbonyl (C=O) groups is 1. The monoisotopic (exact) mass is 301 g/mol. The molecule has 0 aliphatic carbocycles. The minimum atomic E-state index is -0.196. The zero-order valence-electron chi connectivity index (χ0n) is 12.8. The van der Waals surface area contributed by atoms with Gasteiger partial charge >= 0.3 is 0 Å². The van der Waals surface area contributed by atoms with Crippen LogP contribution in [0.1, 0.15) is 24.3 Å². The molecule has 5 nitrogen and oxygen atoms in total. The third-order valence-corrected chi connectivity index (χ3v) is 3.16. The maximum Gasteiger partial charge on any atom is 0.244 e. The van der Waals surface area contributed by atoms with Gasteiger partial charge in [0.2, 0.25) is 5.91 Å². The van der Waals surface area contributed by atoms with Gasteiger partial charge < -0.3 is 19.2 Å². The first-order valence-corrected chi connectivity index (χ1v) is 6.88. The first-order valence-electron chi connectivity index (χ1n) is 6.88. The minimum absolute atomic E-state index is 0.183. The Morgan fingerprint density at radius 1 is 1.23 bits per heavy atom. The molecule has 5 heteroatoms. The summed E-state index contributed by atoms with van der Waals surface area (Å²) >= 11 is 0. The van der Waals surface area contributed by atoms with E-state index in [9.17, 15) is 4.79 Å². The summed E-state index contributed by atoms with van der Waals surface area (Å²) in [6, 6.07) is 8.87. The van der Waals surface area contributed by atoms with E-state index in [0.717, 1.165) is 5.56 Å². The van der Waals surface area contributed by atoms with Crippen LogP contribution in [0.15, 0.2) is 47.1 Å². The fourth-order valence-electron chi connectivity index (χ4n) is 2.00. The van der Waals surface area contributed by atoms with Gasteiger partial charge in [-0.25, -0.2) is 0 Å². The topological polar surface area (TPSA) is 60.7 Å². The average molecular weight is 301 g/mol. The quantitative estimate of drug-likeness (QED) is 0.832. The van der Waals surface area contributed by atoms with Gasteiger partial charge in [0.1, 0.15) is 5.76 Å². The number of carbonyl (C=O) groups excluding carboxylic acids is 1. The molecular weight excluding hydrogens is 282 g/mol. The van der Waals surface area contributed by atoms with Crippen LogP contribution in [0.25, 0.3) is 6.08 Å². The molecule has 0 spiro atoms. The molecule has 1 aromatic heterocycles. The molecule has 1 aromatic carbocycles. The standard InChI is InChI=1S/C17H19NO4/c1-12(14-5-4-10-22-14)18-17(19)9-7-13-6-8-15(20-2)16(11-13)21-3/h4-12H,1-3H3,(H,18,19)/b9-7+/t12-/m0/s1. The smallest absolute Gasteiger partial charge is 0.244 e. The lowest BCUT2D eigenvalue weighted by Gasteiger charge is -2.09. The van der Waals surface area contributed by atoms with Gasteiger partial charge in [0.25, 0.3) is 0 Å². The molecule has 0 saturated heterocycles. The van der Waals surface area contributed by atoms with E-state index in [4.69, 9.17) is 13.9 Å². The molecule has 0 bridgehead atoms. The van der Waals surface area contributed by atoms with Crippen LogP contribution < -0.4 is 14.8 Å². The SMILES string of the molecule is COc1ccc(/C=C/C(=O)N[C@@H](C)c2ccco2)cc1OC. The van der Waals surface area contributed by atoms with Crippen molar-refractivity contribution in [2.24, 2.45) is 0 Å². The minimum Gasteiger partial charge on any atom is -0.493 e. The van der Waals surface area contributed by atoms with E-state index in [0.29, 0.717) is 17.3 Å². The number of nitrogens with one attached hydrogen (secondary N) is 1. The van der Waals surface area contributed by atoms with Crippen LogP contribution in [-0.4, -0.2) is 20.1 Å². The number of hydrogen-bond acceptors (Lipinski definition) is 4. The number of rotatable bonds is 6. The van der Waals surface area contributed by atoms with Gasteiger partial charge in [-0.3, -0.25) is 4.79 Å². The highest BCUT2D eigenvalue weighted by atomic mass is 16.5. The zero-order chi connectivity index (χ0) is 15.9. The van der Waals surface area contributed by atoms with Crippen molar-refractivity contribution in [1.29, 1.82) is 0 Å². The second kappa shape index (κ2) is 7.36. The summed E-state index contributed by atoms with van der Waals surface area (Å²) in [4.78, 5) is 11.9. The highest BCUT2D eigenvalue weighted by Crippen LogP contribution is 2.27. The van der Waals surface area contributed by atoms with Crippen molar-refractivity contribution in [1.82, 2.24) is 5.32 Å². The lowest BCUT2D eigenvalue weighted by molar-refractivity contribution is -0.117. The van der Waals surface area contributed by atoms with Crippen LogP contribution in [0.2, 0.25) is 0 Å². The Balaban J connectivity index is 2.00. The Labute approximate surface area is 129 Å². The zero-order valence-corrected chi connectivity index (χ0v) is 12.8. The molecule has 22 heavy (non-hydrogen) atoms. The molecule has 116 valence electrons. The van der Waals surface area contributed by atoms with E-state index in [1.54, 1.807) is 44.8 Å². The Hall–Kier alpha value is -2.69. The fourth-order valence-corrected chi connectivity index (χ4v) is 2.00. The van der Waals surface area contributed by atoms with E-state index >= 15 is 0 Å². The molecule has 0 unspecified atom stereocenters.